The topological polar surface area (TPSA) is 84.1 Å². The molecule has 8 heteroatoms. The van der Waals surface area contributed by atoms with E-state index in [1.807, 2.05) is 6.92 Å². The Morgan fingerprint density at radius 1 is 1.27 bits per heavy atom. The molecular weight excluding hydrogens is 392 g/mol. The third kappa shape index (κ3) is 4.86. The van der Waals surface area contributed by atoms with Crippen LogP contribution in [0, 0.1) is 5.92 Å². The van der Waals surface area contributed by atoms with E-state index in [1.165, 1.54) is 19.5 Å². The highest BCUT2D eigenvalue weighted by Crippen LogP contribution is 2.39. The van der Waals surface area contributed by atoms with Crippen LogP contribution in [-0.2, 0) is 0 Å². The van der Waals surface area contributed by atoms with Crippen molar-refractivity contribution in [2.24, 2.45) is 5.92 Å². The molecule has 1 aliphatic carbocycles. The Labute approximate surface area is 174 Å². The molecular formula is C22H27F2N3O3. The molecule has 30 heavy (non-hydrogen) atoms. The molecule has 2 aromatic heterocycles. The Bertz CT molecular complexity index is 907. The lowest BCUT2D eigenvalue weighted by atomic mass is 9.74. The first-order chi connectivity index (χ1) is 14.4. The number of H-pyrrole nitrogens is 1. The van der Waals surface area contributed by atoms with Gasteiger partial charge in [0.05, 0.1) is 18.2 Å². The number of amides is 1. The van der Waals surface area contributed by atoms with Gasteiger partial charge in [-0.1, -0.05) is 6.92 Å². The second-order valence-electron chi connectivity index (χ2n) is 7.67. The third-order valence-corrected chi connectivity index (χ3v) is 6.00. The minimum Gasteiger partial charge on any atom is -0.481 e. The van der Waals surface area contributed by atoms with Crippen molar-refractivity contribution in [2.45, 2.75) is 57.4 Å². The summed E-state index contributed by atoms with van der Waals surface area (Å²) in [5.74, 6) is 0.457. The Morgan fingerprint density at radius 3 is 2.57 bits per heavy atom. The average Bonchev–Trinajstić information content (AvgIpc) is 2.77. The van der Waals surface area contributed by atoms with Crippen LogP contribution in [0.2, 0.25) is 0 Å². The smallest absolute Gasteiger partial charge is 0.269 e. The fourth-order valence-electron chi connectivity index (χ4n) is 4.36. The Balaban J connectivity index is 1.64. The van der Waals surface area contributed by atoms with Crippen LogP contribution in [0.25, 0.3) is 0 Å². The molecule has 0 unspecified atom stereocenters. The van der Waals surface area contributed by atoms with Gasteiger partial charge in [-0.2, -0.15) is 0 Å². The number of nitrogens with one attached hydrogen (secondary N) is 2. The van der Waals surface area contributed by atoms with Crippen LogP contribution in [0.15, 0.2) is 35.4 Å². The van der Waals surface area contributed by atoms with Crippen molar-refractivity contribution in [2.75, 3.05) is 7.11 Å². The summed E-state index contributed by atoms with van der Waals surface area (Å²) in [6.45, 7) is 2.02. The lowest BCUT2D eigenvalue weighted by Crippen LogP contribution is -2.41. The summed E-state index contributed by atoms with van der Waals surface area (Å²) < 4.78 is 31.8. The molecule has 0 spiro atoms. The Kier molecular flexibility index (Phi) is 7.18. The quantitative estimate of drug-likeness (QED) is 0.705. The zero-order chi connectivity index (χ0) is 21.7. The zero-order valence-corrected chi connectivity index (χ0v) is 17.2. The lowest BCUT2D eigenvalue weighted by molar-refractivity contribution is 0.0908. The van der Waals surface area contributed by atoms with E-state index in [1.54, 1.807) is 18.2 Å². The van der Waals surface area contributed by atoms with Crippen LogP contribution in [-0.4, -0.2) is 29.0 Å². The van der Waals surface area contributed by atoms with Gasteiger partial charge in [0.2, 0.25) is 5.88 Å². The highest BCUT2D eigenvalue weighted by Gasteiger charge is 2.31. The van der Waals surface area contributed by atoms with Crippen molar-refractivity contribution in [1.82, 2.24) is 15.3 Å². The normalized spacial score (nSPS) is 20.0. The fraction of sp³-hybridized carbons (Fsp3) is 0.500. The molecule has 3 rings (SSSR count). The SMILES string of the molecule is CC[C@@H](NC(=O)c1ccc(OC)nc1)[C@H]1CC[C@@H](c2cc[nH]c(=O)c2C(F)F)CC1. The molecule has 0 saturated heterocycles. The third-order valence-electron chi connectivity index (χ3n) is 6.00. The van der Waals surface area contributed by atoms with E-state index < -0.39 is 17.5 Å². The van der Waals surface area contributed by atoms with Crippen molar-refractivity contribution in [3.8, 4) is 5.88 Å². The predicted molar refractivity (Wildman–Crippen MR) is 109 cm³/mol. The van der Waals surface area contributed by atoms with E-state index in [-0.39, 0.29) is 23.8 Å². The number of methoxy groups -OCH3 is 1. The number of carbonyl (C=O) groups excluding carboxylic acids is 1. The van der Waals surface area contributed by atoms with Crippen molar-refractivity contribution in [3.63, 3.8) is 0 Å². The number of hydrogen-bond donors (Lipinski definition) is 2. The molecule has 1 saturated carbocycles. The molecule has 0 radical (unpaired) electrons. The van der Waals surface area contributed by atoms with Gasteiger partial charge in [0.1, 0.15) is 0 Å². The zero-order valence-electron chi connectivity index (χ0n) is 17.2. The molecule has 0 bridgehead atoms. The first kappa shape index (κ1) is 21.9. The van der Waals surface area contributed by atoms with Gasteiger partial charge in [-0.15, -0.1) is 0 Å². The van der Waals surface area contributed by atoms with Crippen LogP contribution in [0.3, 0.4) is 0 Å². The first-order valence-corrected chi connectivity index (χ1v) is 10.2. The molecule has 1 fully saturated rings. The second-order valence-corrected chi connectivity index (χ2v) is 7.67. The summed E-state index contributed by atoms with van der Waals surface area (Å²) in [6.07, 6.45) is 3.94. The van der Waals surface area contributed by atoms with Crippen LogP contribution in [0.4, 0.5) is 8.78 Å². The molecule has 2 N–H and O–H groups in total. The van der Waals surface area contributed by atoms with Crippen molar-refractivity contribution in [1.29, 1.82) is 0 Å². The summed E-state index contributed by atoms with van der Waals surface area (Å²) in [5.41, 5.74) is -0.202. The van der Waals surface area contributed by atoms with Crippen LogP contribution < -0.4 is 15.6 Å². The van der Waals surface area contributed by atoms with E-state index in [4.69, 9.17) is 4.74 Å². The minimum absolute atomic E-state index is 0.00528. The standard InChI is InChI=1S/C22H27F2N3O3/c1-3-17(27-21(28)15-8-9-18(30-2)26-12-15)14-6-4-13(5-7-14)16-10-11-25-22(29)19(16)20(23)24/h8-14,17,20H,3-7H2,1-2H3,(H,25,29)(H,27,28)/t13-,14+,17-/m1/s1. The molecule has 162 valence electrons. The number of aromatic nitrogens is 2. The minimum atomic E-state index is -2.79. The summed E-state index contributed by atoms with van der Waals surface area (Å²) in [4.78, 5) is 30.8. The molecule has 0 aliphatic heterocycles. The molecule has 1 aliphatic rings. The van der Waals surface area contributed by atoms with E-state index in [2.05, 4.69) is 15.3 Å². The van der Waals surface area contributed by atoms with Gasteiger partial charge >= 0.3 is 0 Å². The largest absolute Gasteiger partial charge is 0.481 e. The van der Waals surface area contributed by atoms with Gasteiger partial charge in [-0.05, 0) is 61.6 Å². The summed E-state index contributed by atoms with van der Waals surface area (Å²) >= 11 is 0. The maximum atomic E-state index is 13.4. The Hall–Kier alpha value is -2.77. The summed E-state index contributed by atoms with van der Waals surface area (Å²) in [7, 11) is 1.52. The second kappa shape index (κ2) is 9.82. The molecule has 2 aromatic rings. The van der Waals surface area contributed by atoms with Gasteiger partial charge in [0.15, 0.2) is 0 Å². The number of pyridine rings is 2. The molecule has 1 atom stereocenters. The molecule has 1 amide bonds. The van der Waals surface area contributed by atoms with E-state index in [9.17, 15) is 18.4 Å². The Morgan fingerprint density at radius 2 is 2.00 bits per heavy atom. The fourth-order valence-corrected chi connectivity index (χ4v) is 4.36. The van der Waals surface area contributed by atoms with Crippen LogP contribution in [0.5, 0.6) is 5.88 Å². The highest BCUT2D eigenvalue weighted by molar-refractivity contribution is 5.94. The van der Waals surface area contributed by atoms with Crippen molar-refractivity contribution < 1.29 is 18.3 Å². The van der Waals surface area contributed by atoms with Crippen molar-refractivity contribution in [3.05, 3.63) is 57.6 Å². The van der Waals surface area contributed by atoms with E-state index in [0.29, 0.717) is 29.8 Å². The number of alkyl halides is 2. The highest BCUT2D eigenvalue weighted by atomic mass is 19.3. The molecule has 6 nitrogen and oxygen atoms in total. The van der Waals surface area contributed by atoms with Crippen LogP contribution in [0.1, 0.15) is 72.9 Å². The average molecular weight is 419 g/mol. The lowest BCUT2D eigenvalue weighted by Gasteiger charge is -2.34. The van der Waals surface area contributed by atoms with E-state index in [0.717, 1.165) is 19.3 Å². The maximum absolute atomic E-state index is 13.4. The van der Waals surface area contributed by atoms with Gasteiger partial charge in [-0.25, -0.2) is 13.8 Å². The summed E-state index contributed by atoms with van der Waals surface area (Å²) in [5, 5.41) is 3.09. The number of ether oxygens (including phenoxy) is 1. The van der Waals surface area contributed by atoms with Crippen molar-refractivity contribution >= 4 is 5.91 Å². The first-order valence-electron chi connectivity index (χ1n) is 10.2. The van der Waals surface area contributed by atoms with Gasteiger partial charge in [0.25, 0.3) is 17.9 Å². The van der Waals surface area contributed by atoms with Gasteiger partial charge < -0.3 is 15.0 Å². The van der Waals surface area contributed by atoms with Crippen LogP contribution >= 0.6 is 0 Å². The van der Waals surface area contributed by atoms with Gasteiger partial charge in [0, 0.05) is 24.5 Å². The molecule has 0 aromatic carbocycles. The maximum Gasteiger partial charge on any atom is 0.269 e. The number of carbonyl (C=O) groups is 1. The van der Waals surface area contributed by atoms with E-state index >= 15 is 0 Å². The number of aromatic amines is 1. The number of hydrogen-bond acceptors (Lipinski definition) is 4. The number of nitrogens with zero attached hydrogens (tertiary/aromatic N) is 1. The summed E-state index contributed by atoms with van der Waals surface area (Å²) in [6, 6.07) is 4.91. The predicted octanol–water partition coefficient (Wildman–Crippen LogP) is 4.20. The monoisotopic (exact) mass is 419 g/mol. The number of rotatable bonds is 7. The number of halogens is 2. The van der Waals surface area contributed by atoms with Gasteiger partial charge in [-0.3, -0.25) is 9.59 Å². The molecule has 2 heterocycles.